The molecule has 0 saturated carbocycles. The van der Waals surface area contributed by atoms with Crippen molar-refractivity contribution in [3.05, 3.63) is 62.6 Å². The summed E-state index contributed by atoms with van der Waals surface area (Å²) in [6, 6.07) is 3.13. The highest BCUT2D eigenvalue weighted by Gasteiger charge is 2.65. The highest BCUT2D eigenvalue weighted by atomic mass is 19.4. The molecule has 0 spiro atoms. The number of hydrogen-bond donors (Lipinski definition) is 2. The van der Waals surface area contributed by atoms with Gasteiger partial charge >= 0.3 is 6.18 Å². The van der Waals surface area contributed by atoms with E-state index >= 15 is 0 Å². The minimum Gasteiger partial charge on any atom is -0.493 e. The molecular formula is C21H23F5N2O3. The van der Waals surface area contributed by atoms with Crippen molar-refractivity contribution in [2.45, 2.75) is 51.1 Å². The summed E-state index contributed by atoms with van der Waals surface area (Å²) in [5, 5.41) is 0. The molecule has 1 aliphatic rings. The van der Waals surface area contributed by atoms with E-state index in [9.17, 15) is 26.7 Å². The summed E-state index contributed by atoms with van der Waals surface area (Å²) in [5.74, 6) is -5.34. The lowest BCUT2D eigenvalue weighted by Gasteiger charge is -2.32. The van der Waals surface area contributed by atoms with Crippen molar-refractivity contribution in [2.75, 3.05) is 7.11 Å². The number of rotatable bonds is 4. The Morgan fingerprint density at radius 2 is 1.94 bits per heavy atom. The number of aromatic amines is 1. The molecule has 2 aromatic rings. The first-order chi connectivity index (χ1) is 14.4. The van der Waals surface area contributed by atoms with Crippen molar-refractivity contribution >= 4 is 0 Å². The van der Waals surface area contributed by atoms with Crippen molar-refractivity contribution < 1.29 is 31.4 Å². The minimum absolute atomic E-state index is 0.00767. The van der Waals surface area contributed by atoms with E-state index in [-0.39, 0.29) is 23.4 Å². The third-order valence-electron chi connectivity index (χ3n) is 6.19. The number of methoxy groups -OCH3 is 1. The maximum atomic E-state index is 14.4. The molecule has 3 N–H and O–H groups in total. The largest absolute Gasteiger partial charge is 0.493 e. The third-order valence-corrected chi connectivity index (χ3v) is 6.19. The summed E-state index contributed by atoms with van der Waals surface area (Å²) >= 11 is 0. The molecule has 5 nitrogen and oxygen atoms in total. The lowest BCUT2D eigenvalue weighted by atomic mass is 9.76. The lowest BCUT2D eigenvalue weighted by molar-refractivity contribution is -0.275. The molecule has 170 valence electrons. The van der Waals surface area contributed by atoms with Crippen LogP contribution in [0.3, 0.4) is 0 Å². The zero-order valence-electron chi connectivity index (χ0n) is 17.4. The van der Waals surface area contributed by atoms with E-state index in [2.05, 4.69) is 4.98 Å². The second-order valence-electron chi connectivity index (χ2n) is 7.84. The molecule has 1 saturated heterocycles. The number of H-pyrrole nitrogens is 1. The number of ether oxygens (including phenoxy) is 2. The van der Waals surface area contributed by atoms with Crippen molar-refractivity contribution in [2.24, 2.45) is 11.7 Å². The van der Waals surface area contributed by atoms with Crippen molar-refractivity contribution in [3.63, 3.8) is 0 Å². The van der Waals surface area contributed by atoms with Gasteiger partial charge in [-0.05, 0) is 19.9 Å². The highest BCUT2D eigenvalue weighted by molar-refractivity contribution is 5.42. The van der Waals surface area contributed by atoms with Gasteiger partial charge in [-0.3, -0.25) is 4.79 Å². The number of aryl methyl sites for hydroxylation is 1. The molecule has 1 aromatic heterocycles. The fraction of sp³-hybridized carbons (Fsp3) is 0.476. The Bertz CT molecular complexity index is 1050. The van der Waals surface area contributed by atoms with E-state index in [1.165, 1.54) is 13.0 Å². The van der Waals surface area contributed by atoms with Gasteiger partial charge in [-0.1, -0.05) is 13.0 Å². The Balaban J connectivity index is 2.26. The molecule has 0 aliphatic carbocycles. The molecule has 4 atom stereocenters. The number of nitrogens with one attached hydrogen (secondary N) is 1. The van der Waals surface area contributed by atoms with Gasteiger partial charge in [0.15, 0.2) is 22.6 Å². The molecule has 0 amide bonds. The first-order valence-corrected chi connectivity index (χ1v) is 9.56. The summed E-state index contributed by atoms with van der Waals surface area (Å²) < 4.78 is 80.7. The van der Waals surface area contributed by atoms with Gasteiger partial charge in [0.1, 0.15) is 6.10 Å². The van der Waals surface area contributed by atoms with E-state index < -0.39 is 52.5 Å². The highest BCUT2D eigenvalue weighted by Crippen LogP contribution is 2.59. The van der Waals surface area contributed by atoms with Crippen LogP contribution in [0.25, 0.3) is 0 Å². The van der Waals surface area contributed by atoms with Crippen molar-refractivity contribution in [1.29, 1.82) is 0 Å². The maximum absolute atomic E-state index is 14.4. The third kappa shape index (κ3) is 3.61. The van der Waals surface area contributed by atoms with Crippen LogP contribution in [0.4, 0.5) is 22.0 Å². The summed E-state index contributed by atoms with van der Waals surface area (Å²) in [7, 11) is 1.10. The fourth-order valence-electron chi connectivity index (χ4n) is 4.23. The van der Waals surface area contributed by atoms with E-state index in [1.54, 1.807) is 6.92 Å². The quantitative estimate of drug-likeness (QED) is 0.689. The zero-order chi connectivity index (χ0) is 23.3. The smallest absolute Gasteiger partial charge is 0.417 e. The monoisotopic (exact) mass is 446 g/mol. The molecule has 0 unspecified atom stereocenters. The standard InChI is InChI=1S/C21H23F5N2O3/c1-9-16(11-5-6-13(22)17(23)18(11)30-4)19(31-20(9,3)21(24,25)26)14-7-15(29)12(8-27)10(2)28-14/h5-7,9,16,19H,8,27H2,1-4H3,(H,28,29)/t9-,16-,19-,20+/m0/s1. The van der Waals surface area contributed by atoms with Crippen molar-refractivity contribution in [3.8, 4) is 5.75 Å². The lowest BCUT2D eigenvalue weighted by Crippen LogP contribution is -2.46. The van der Waals surface area contributed by atoms with Crippen LogP contribution < -0.4 is 15.9 Å². The summed E-state index contributed by atoms with van der Waals surface area (Å²) in [5.41, 5.74) is 3.26. The predicted octanol–water partition coefficient (Wildman–Crippen LogP) is 4.24. The van der Waals surface area contributed by atoms with Crippen LogP contribution in [0.1, 0.15) is 48.4 Å². The number of hydrogen-bond acceptors (Lipinski definition) is 4. The predicted molar refractivity (Wildman–Crippen MR) is 103 cm³/mol. The molecule has 2 heterocycles. The summed E-state index contributed by atoms with van der Waals surface area (Å²) in [4.78, 5) is 15.3. The number of nitrogens with two attached hydrogens (primary N) is 1. The molecule has 31 heavy (non-hydrogen) atoms. The van der Waals surface area contributed by atoms with Gasteiger partial charge < -0.3 is 20.2 Å². The minimum atomic E-state index is -4.77. The van der Waals surface area contributed by atoms with Crippen LogP contribution in [0.5, 0.6) is 5.75 Å². The zero-order valence-corrected chi connectivity index (χ0v) is 17.4. The Hall–Kier alpha value is -2.46. The van der Waals surface area contributed by atoms with E-state index in [1.807, 2.05) is 0 Å². The van der Waals surface area contributed by atoms with Crippen LogP contribution >= 0.6 is 0 Å². The SMILES string of the molecule is COc1c([C@H]2[C@H](c3cc(=O)c(CN)c(C)[nH]3)O[C@@](C)(C(F)(F)F)[C@H]2C)ccc(F)c1F. The molecule has 1 aromatic carbocycles. The summed E-state index contributed by atoms with van der Waals surface area (Å²) in [6.45, 7) is 3.74. The van der Waals surface area contributed by atoms with Gasteiger partial charge in [-0.25, -0.2) is 4.39 Å². The molecule has 3 rings (SSSR count). The van der Waals surface area contributed by atoms with Gasteiger partial charge in [0.25, 0.3) is 0 Å². The second kappa shape index (κ2) is 7.90. The number of aromatic nitrogens is 1. The Labute approximate surface area is 175 Å². The van der Waals surface area contributed by atoms with Crippen LogP contribution in [-0.2, 0) is 11.3 Å². The van der Waals surface area contributed by atoms with E-state index in [0.29, 0.717) is 5.69 Å². The number of alkyl halides is 3. The Morgan fingerprint density at radius 3 is 2.45 bits per heavy atom. The van der Waals surface area contributed by atoms with Crippen molar-refractivity contribution in [1.82, 2.24) is 4.98 Å². The molecule has 10 heteroatoms. The Kier molecular flexibility index (Phi) is 5.92. The summed E-state index contributed by atoms with van der Waals surface area (Å²) in [6.07, 6.45) is -6.07. The van der Waals surface area contributed by atoms with Crippen LogP contribution in [0.2, 0.25) is 0 Å². The van der Waals surface area contributed by atoms with Crippen LogP contribution in [0, 0.1) is 24.5 Å². The molecule has 0 radical (unpaired) electrons. The maximum Gasteiger partial charge on any atom is 0.417 e. The first kappa shape index (κ1) is 23.2. The Morgan fingerprint density at radius 1 is 1.29 bits per heavy atom. The van der Waals surface area contributed by atoms with Crippen LogP contribution in [-0.4, -0.2) is 23.9 Å². The topological polar surface area (TPSA) is 77.3 Å². The van der Waals surface area contributed by atoms with Gasteiger partial charge in [-0.15, -0.1) is 0 Å². The number of halogens is 5. The van der Waals surface area contributed by atoms with E-state index in [0.717, 1.165) is 26.2 Å². The van der Waals surface area contributed by atoms with Crippen LogP contribution in [0.15, 0.2) is 23.0 Å². The van der Waals surface area contributed by atoms with E-state index in [4.69, 9.17) is 15.2 Å². The normalized spacial score (nSPS) is 26.3. The number of pyridine rings is 1. The number of benzene rings is 1. The second-order valence-corrected chi connectivity index (χ2v) is 7.84. The van der Waals surface area contributed by atoms with Gasteiger partial charge in [0.05, 0.1) is 7.11 Å². The van der Waals surface area contributed by atoms with Gasteiger partial charge in [-0.2, -0.15) is 17.6 Å². The molecular weight excluding hydrogens is 423 g/mol. The van der Waals surface area contributed by atoms with Gasteiger partial charge in [0, 0.05) is 47.0 Å². The van der Waals surface area contributed by atoms with Gasteiger partial charge in [0.2, 0.25) is 5.82 Å². The first-order valence-electron chi connectivity index (χ1n) is 9.56. The molecule has 1 aliphatic heterocycles. The average Bonchev–Trinajstić information content (AvgIpc) is 2.96. The molecule has 1 fully saturated rings. The average molecular weight is 446 g/mol. The molecule has 0 bridgehead atoms. The fourth-order valence-corrected chi connectivity index (χ4v) is 4.23.